The third kappa shape index (κ3) is 3.78. The number of piperidine rings is 1. The average molecular weight is 291 g/mol. The van der Waals surface area contributed by atoms with Crippen molar-refractivity contribution in [2.75, 3.05) is 13.1 Å². The van der Waals surface area contributed by atoms with Crippen LogP contribution in [-0.4, -0.2) is 34.9 Å². The fraction of sp³-hybridized carbons (Fsp3) is 0.533. The van der Waals surface area contributed by atoms with Crippen LogP contribution in [0.25, 0.3) is 0 Å². The highest BCUT2D eigenvalue weighted by molar-refractivity contribution is 5.80. The van der Waals surface area contributed by atoms with Gasteiger partial charge in [-0.2, -0.15) is 0 Å². The van der Waals surface area contributed by atoms with Crippen LogP contribution in [-0.2, 0) is 11.2 Å². The Labute approximate surface area is 124 Å². The summed E-state index contributed by atoms with van der Waals surface area (Å²) in [5, 5.41) is 11.0. The molecule has 0 saturated carbocycles. The summed E-state index contributed by atoms with van der Waals surface area (Å²) in [4.78, 5) is 24.6. The predicted octanol–water partition coefficient (Wildman–Crippen LogP) is 1.72. The summed E-state index contributed by atoms with van der Waals surface area (Å²) in [7, 11) is 0. The van der Waals surface area contributed by atoms with E-state index in [9.17, 15) is 14.9 Å². The highest BCUT2D eigenvalue weighted by Gasteiger charge is 2.26. The van der Waals surface area contributed by atoms with E-state index in [4.69, 9.17) is 5.73 Å². The molecule has 6 heteroatoms. The van der Waals surface area contributed by atoms with Gasteiger partial charge < -0.3 is 10.6 Å². The summed E-state index contributed by atoms with van der Waals surface area (Å²) in [6.07, 6.45) is 1.89. The molecule has 1 saturated heterocycles. The number of nitro groups is 1. The first-order chi connectivity index (χ1) is 9.99. The summed E-state index contributed by atoms with van der Waals surface area (Å²) < 4.78 is 0. The minimum atomic E-state index is -0.440. The summed E-state index contributed by atoms with van der Waals surface area (Å²) in [5.41, 5.74) is 6.37. The number of benzene rings is 1. The van der Waals surface area contributed by atoms with Gasteiger partial charge in [0, 0.05) is 30.8 Å². The maximum absolute atomic E-state index is 12.3. The number of rotatable bonds is 4. The van der Waals surface area contributed by atoms with Gasteiger partial charge in [-0.25, -0.2) is 0 Å². The lowest BCUT2D eigenvalue weighted by Gasteiger charge is -2.33. The van der Waals surface area contributed by atoms with E-state index in [1.165, 1.54) is 6.07 Å². The van der Waals surface area contributed by atoms with Gasteiger partial charge in [-0.05, 0) is 25.7 Å². The summed E-state index contributed by atoms with van der Waals surface area (Å²) >= 11 is 0. The predicted molar refractivity (Wildman–Crippen MR) is 79.8 cm³/mol. The molecule has 1 aliphatic heterocycles. The Hall–Kier alpha value is -1.95. The molecule has 21 heavy (non-hydrogen) atoms. The van der Waals surface area contributed by atoms with E-state index >= 15 is 0 Å². The monoisotopic (exact) mass is 291 g/mol. The number of nitro benzene ring substituents is 1. The van der Waals surface area contributed by atoms with Gasteiger partial charge in [-0.1, -0.05) is 18.2 Å². The molecule has 1 unspecified atom stereocenters. The Morgan fingerprint density at radius 3 is 2.62 bits per heavy atom. The molecule has 0 aliphatic carbocycles. The Morgan fingerprint density at radius 2 is 2.05 bits per heavy atom. The van der Waals surface area contributed by atoms with Gasteiger partial charge in [0.1, 0.15) is 0 Å². The molecule has 1 atom stereocenters. The smallest absolute Gasteiger partial charge is 0.273 e. The highest BCUT2D eigenvalue weighted by Crippen LogP contribution is 2.22. The molecular formula is C15H21N3O3. The van der Waals surface area contributed by atoms with Gasteiger partial charge in [0.25, 0.3) is 5.69 Å². The van der Waals surface area contributed by atoms with Crippen LogP contribution in [0.4, 0.5) is 5.69 Å². The fourth-order valence-electron chi connectivity index (χ4n) is 2.79. The van der Waals surface area contributed by atoms with Crippen molar-refractivity contribution in [3.05, 3.63) is 39.9 Å². The van der Waals surface area contributed by atoms with E-state index in [2.05, 4.69) is 0 Å². The first kappa shape index (κ1) is 15.4. The van der Waals surface area contributed by atoms with Crippen LogP contribution in [0.1, 0.15) is 25.3 Å². The molecule has 0 aromatic heterocycles. The van der Waals surface area contributed by atoms with Crippen LogP contribution in [0.2, 0.25) is 0 Å². The van der Waals surface area contributed by atoms with Crippen LogP contribution in [0.5, 0.6) is 0 Å². The number of carbonyl (C=O) groups excluding carboxylic acids is 1. The SMILES string of the molecule is CC(N)C1CCN(C(=O)Cc2ccccc2[N+](=O)[O-])CC1. The Balaban J connectivity index is 1.98. The van der Waals surface area contributed by atoms with Gasteiger partial charge in [0.05, 0.1) is 11.3 Å². The molecule has 0 bridgehead atoms. The summed E-state index contributed by atoms with van der Waals surface area (Å²) in [6.45, 7) is 3.37. The second kappa shape index (κ2) is 6.67. The molecule has 0 spiro atoms. The van der Waals surface area contributed by atoms with E-state index in [1.54, 1.807) is 23.1 Å². The minimum absolute atomic E-state index is 0.0105. The quantitative estimate of drug-likeness (QED) is 0.675. The van der Waals surface area contributed by atoms with Crippen molar-refractivity contribution in [2.24, 2.45) is 11.7 Å². The number of nitrogens with zero attached hydrogens (tertiary/aromatic N) is 2. The van der Waals surface area contributed by atoms with Crippen molar-refractivity contribution < 1.29 is 9.72 Å². The number of hydrogen-bond donors (Lipinski definition) is 1. The van der Waals surface area contributed by atoms with Crippen molar-refractivity contribution in [1.82, 2.24) is 4.90 Å². The molecule has 1 fully saturated rings. The number of para-hydroxylation sites is 1. The third-order valence-electron chi connectivity index (χ3n) is 4.17. The molecule has 1 amide bonds. The number of nitrogens with two attached hydrogens (primary N) is 1. The average Bonchev–Trinajstić information content (AvgIpc) is 2.47. The third-order valence-corrected chi connectivity index (χ3v) is 4.17. The van der Waals surface area contributed by atoms with Crippen molar-refractivity contribution in [1.29, 1.82) is 0 Å². The number of likely N-dealkylation sites (tertiary alicyclic amines) is 1. The van der Waals surface area contributed by atoms with Gasteiger partial charge in [-0.3, -0.25) is 14.9 Å². The van der Waals surface area contributed by atoms with Crippen molar-refractivity contribution >= 4 is 11.6 Å². The van der Waals surface area contributed by atoms with Gasteiger partial charge in [0.2, 0.25) is 5.91 Å². The van der Waals surface area contributed by atoms with Crippen LogP contribution in [0, 0.1) is 16.0 Å². The van der Waals surface area contributed by atoms with Gasteiger partial charge in [-0.15, -0.1) is 0 Å². The standard InChI is InChI=1S/C15H21N3O3/c1-11(16)12-6-8-17(9-7-12)15(19)10-13-4-2-3-5-14(13)18(20)21/h2-5,11-12H,6-10,16H2,1H3. The highest BCUT2D eigenvalue weighted by atomic mass is 16.6. The zero-order valence-corrected chi connectivity index (χ0v) is 12.2. The zero-order chi connectivity index (χ0) is 15.4. The minimum Gasteiger partial charge on any atom is -0.342 e. The number of amides is 1. The first-order valence-corrected chi connectivity index (χ1v) is 7.24. The molecule has 114 valence electrons. The molecule has 1 heterocycles. The van der Waals surface area contributed by atoms with Gasteiger partial charge >= 0.3 is 0 Å². The van der Waals surface area contributed by atoms with E-state index < -0.39 is 4.92 Å². The van der Waals surface area contributed by atoms with E-state index in [0.717, 1.165) is 12.8 Å². The summed E-state index contributed by atoms with van der Waals surface area (Å²) in [5.74, 6) is 0.410. The number of hydrogen-bond acceptors (Lipinski definition) is 4. The van der Waals surface area contributed by atoms with Crippen LogP contribution >= 0.6 is 0 Å². The Bertz CT molecular complexity index is 523. The molecular weight excluding hydrogens is 270 g/mol. The van der Waals surface area contributed by atoms with Crippen molar-refractivity contribution in [3.8, 4) is 0 Å². The van der Waals surface area contributed by atoms with Crippen LogP contribution in [0.15, 0.2) is 24.3 Å². The second-order valence-corrected chi connectivity index (χ2v) is 5.64. The molecule has 1 aliphatic rings. The van der Waals surface area contributed by atoms with E-state index in [-0.39, 0.29) is 24.1 Å². The van der Waals surface area contributed by atoms with Crippen molar-refractivity contribution in [3.63, 3.8) is 0 Å². The molecule has 2 N–H and O–H groups in total. The topological polar surface area (TPSA) is 89.5 Å². The maximum Gasteiger partial charge on any atom is 0.273 e. The molecule has 0 radical (unpaired) electrons. The Morgan fingerprint density at radius 1 is 1.43 bits per heavy atom. The molecule has 6 nitrogen and oxygen atoms in total. The fourth-order valence-corrected chi connectivity index (χ4v) is 2.79. The van der Waals surface area contributed by atoms with Crippen molar-refractivity contribution in [2.45, 2.75) is 32.2 Å². The first-order valence-electron chi connectivity index (χ1n) is 7.24. The number of carbonyl (C=O) groups is 1. The van der Waals surface area contributed by atoms with Gasteiger partial charge in [0.15, 0.2) is 0 Å². The normalized spacial score (nSPS) is 17.5. The van der Waals surface area contributed by atoms with E-state index in [1.807, 2.05) is 6.92 Å². The van der Waals surface area contributed by atoms with Crippen LogP contribution < -0.4 is 5.73 Å². The lowest BCUT2D eigenvalue weighted by Crippen LogP contribution is -2.43. The maximum atomic E-state index is 12.3. The van der Waals surface area contributed by atoms with Crippen LogP contribution in [0.3, 0.4) is 0 Å². The zero-order valence-electron chi connectivity index (χ0n) is 12.2. The Kier molecular flexibility index (Phi) is 4.90. The lowest BCUT2D eigenvalue weighted by molar-refractivity contribution is -0.385. The van der Waals surface area contributed by atoms with E-state index in [0.29, 0.717) is 24.6 Å². The molecule has 1 aromatic carbocycles. The molecule has 2 rings (SSSR count). The lowest BCUT2D eigenvalue weighted by atomic mass is 9.90. The largest absolute Gasteiger partial charge is 0.342 e. The molecule has 1 aromatic rings. The second-order valence-electron chi connectivity index (χ2n) is 5.64. The summed E-state index contributed by atoms with van der Waals surface area (Å²) in [6, 6.07) is 6.56.